The van der Waals surface area contributed by atoms with Crippen LogP contribution in [0.3, 0.4) is 0 Å². The Morgan fingerprint density at radius 3 is 2.08 bits per heavy atom. The zero-order valence-corrected chi connectivity index (χ0v) is 11.7. The summed E-state index contributed by atoms with van der Waals surface area (Å²) in [6.07, 6.45) is 2.82. The molecule has 0 nitrogen and oxygen atoms in total. The zero-order valence-electron chi connectivity index (χ0n) is 9.89. The second-order valence-electron chi connectivity index (χ2n) is 3.83. The Morgan fingerprint density at radius 1 is 1.46 bits per heavy atom. The molecule has 0 bridgehead atoms. The van der Waals surface area contributed by atoms with Crippen LogP contribution < -0.4 is 0 Å². The van der Waals surface area contributed by atoms with E-state index in [4.69, 9.17) is 0 Å². The summed E-state index contributed by atoms with van der Waals surface area (Å²) >= 11 is 6.78. The van der Waals surface area contributed by atoms with Gasteiger partial charge in [0.15, 0.2) is 0 Å². The predicted octanol–water partition coefficient (Wildman–Crippen LogP) is 3.75. The van der Waals surface area contributed by atoms with E-state index in [-0.39, 0.29) is 8.80 Å². The molecule has 1 unspecified atom stereocenters. The summed E-state index contributed by atoms with van der Waals surface area (Å²) in [6, 6.07) is 1.50. The van der Waals surface area contributed by atoms with Gasteiger partial charge in [0, 0.05) is 8.80 Å². The van der Waals surface area contributed by atoms with Gasteiger partial charge >= 0.3 is 53.2 Å². The van der Waals surface area contributed by atoms with E-state index in [2.05, 4.69) is 56.9 Å². The first-order valence-corrected chi connectivity index (χ1v) is 8.50. The van der Waals surface area contributed by atoms with Crippen LogP contribution in [0.25, 0.3) is 0 Å². The molecule has 0 N–H and O–H groups in total. The standard InChI is InChI=1S/C6H15Si.C4H7S.Li/c1-4-5-6-7(2)3;1-4(2)3-5;/h4-6H2,1-3H3;3-4H,1H2,2H3;. The van der Waals surface area contributed by atoms with Crippen molar-refractivity contribution < 1.29 is 0 Å². The molecule has 0 aromatic rings. The summed E-state index contributed by atoms with van der Waals surface area (Å²) in [4.78, 5) is 0. The van der Waals surface area contributed by atoms with Gasteiger partial charge in [0.1, 0.15) is 0 Å². The molecule has 1 atom stereocenters. The van der Waals surface area contributed by atoms with Gasteiger partial charge < -0.3 is 0 Å². The van der Waals surface area contributed by atoms with Crippen molar-refractivity contribution in [1.82, 2.24) is 0 Å². The molecule has 0 aliphatic rings. The van der Waals surface area contributed by atoms with Crippen molar-refractivity contribution in [2.45, 2.75) is 50.9 Å². The van der Waals surface area contributed by atoms with Crippen LogP contribution in [-0.4, -0.2) is 31.9 Å². The molecule has 0 amide bonds. The fourth-order valence-corrected chi connectivity index (χ4v) is 1.88. The van der Waals surface area contributed by atoms with Gasteiger partial charge in [-0.25, -0.2) is 0 Å². The Kier molecular flexibility index (Phi) is 16.2. The Balaban J connectivity index is 0. The monoisotopic (exact) mass is 209 g/mol. The molecule has 0 aromatic heterocycles. The van der Waals surface area contributed by atoms with Crippen molar-refractivity contribution in [2.24, 2.45) is 5.92 Å². The van der Waals surface area contributed by atoms with E-state index in [9.17, 15) is 0 Å². The van der Waals surface area contributed by atoms with Gasteiger partial charge in [-0.2, -0.15) is 0 Å². The summed E-state index contributed by atoms with van der Waals surface area (Å²) < 4.78 is 0. The zero-order chi connectivity index (χ0) is 10.7. The van der Waals surface area contributed by atoms with E-state index in [1.54, 1.807) is 5.37 Å². The predicted molar refractivity (Wildman–Crippen MR) is 70.6 cm³/mol. The number of hydrogen-bond donors (Lipinski definition) is 0. The molecule has 0 aliphatic heterocycles. The van der Waals surface area contributed by atoms with Crippen molar-refractivity contribution in [3.05, 3.63) is 0 Å². The second kappa shape index (κ2) is 12.9. The van der Waals surface area contributed by atoms with E-state index in [1.165, 1.54) is 24.0 Å². The van der Waals surface area contributed by atoms with Crippen molar-refractivity contribution in [1.29, 1.82) is 0 Å². The maximum absolute atomic E-state index is 4.65. The Morgan fingerprint density at radius 2 is 2.00 bits per heavy atom. The summed E-state index contributed by atoms with van der Waals surface area (Å²) in [7, 11) is 0.103. The van der Waals surface area contributed by atoms with E-state index >= 15 is 0 Å². The van der Waals surface area contributed by atoms with Crippen LogP contribution in [0.1, 0.15) is 26.7 Å². The molecule has 1 radical (unpaired) electrons. The topological polar surface area (TPSA) is 0 Å². The summed E-state index contributed by atoms with van der Waals surface area (Å²) in [5, 5.41) is 2.98. The molecule has 0 rings (SSSR count). The molecule has 13 heavy (non-hydrogen) atoms. The average molecular weight is 209 g/mol. The minimum atomic E-state index is 0.103. The van der Waals surface area contributed by atoms with Gasteiger partial charge in [-0.15, -0.1) is 0 Å². The van der Waals surface area contributed by atoms with Crippen molar-refractivity contribution in [3.8, 4) is 0 Å². The first-order chi connectivity index (χ1) is 6.08. The maximum atomic E-state index is 4.65. The fraction of sp³-hybridized carbons (Fsp3) is 0.900. The third-order valence-corrected chi connectivity index (χ3v) is 3.72. The fourth-order valence-electron chi connectivity index (χ4n) is 0.627. The molecule has 0 aromatic carbocycles. The molecule has 0 saturated heterocycles. The second-order valence-corrected chi connectivity index (χ2v) is 7.02. The molecule has 3 heteroatoms. The van der Waals surface area contributed by atoms with Crippen LogP contribution in [0, 0.1) is 5.92 Å². The van der Waals surface area contributed by atoms with E-state index in [1.807, 2.05) is 0 Å². The molecular formula is C10H22LiSSi. The molecule has 0 fully saturated rings. The van der Waals surface area contributed by atoms with Crippen LogP contribution in [0.2, 0.25) is 24.2 Å². The van der Waals surface area contributed by atoms with Crippen molar-refractivity contribution in [3.63, 3.8) is 0 Å². The average Bonchev–Trinajstić information content (AvgIpc) is 2.14. The number of rotatable bonds is 5. The molecule has 73 valence electrons. The molecule has 0 heterocycles. The van der Waals surface area contributed by atoms with Gasteiger partial charge in [0.25, 0.3) is 0 Å². The van der Waals surface area contributed by atoms with E-state index < -0.39 is 0 Å². The molecular weight excluding hydrogens is 187 g/mol. The Hall–Kier alpha value is 0.904. The van der Waals surface area contributed by atoms with E-state index in [0.717, 1.165) is 0 Å². The SMILES string of the molecule is CCCC[Si](C)C.[Li][CH2]C(C)C=S. The Labute approximate surface area is 101 Å². The summed E-state index contributed by atoms with van der Waals surface area (Å²) in [6.45, 7) is 9.12. The minimum absolute atomic E-state index is 0.103. The molecule has 0 aliphatic carbocycles. The van der Waals surface area contributed by atoms with Crippen LogP contribution in [0.5, 0.6) is 0 Å². The third-order valence-electron chi connectivity index (χ3n) is 1.91. The third kappa shape index (κ3) is 19.4. The summed E-state index contributed by atoms with van der Waals surface area (Å²) in [5.74, 6) is 0.625. The quantitative estimate of drug-likeness (QED) is 0.491. The van der Waals surface area contributed by atoms with Crippen LogP contribution in [0.15, 0.2) is 0 Å². The Bertz CT molecular complexity index is 107. The first-order valence-electron chi connectivity index (χ1n) is 5.32. The molecule has 0 saturated carbocycles. The van der Waals surface area contributed by atoms with Gasteiger partial charge in [-0.1, -0.05) is 38.9 Å². The van der Waals surface area contributed by atoms with Crippen LogP contribution in [-0.2, 0) is 0 Å². The van der Waals surface area contributed by atoms with Gasteiger partial charge in [-0.3, -0.25) is 0 Å². The normalized spacial score (nSPS) is 11.9. The van der Waals surface area contributed by atoms with E-state index in [0.29, 0.717) is 5.92 Å². The van der Waals surface area contributed by atoms with Crippen molar-refractivity contribution >= 4 is 44.1 Å². The van der Waals surface area contributed by atoms with Gasteiger partial charge in [-0.05, 0) is 0 Å². The number of hydrogen-bond acceptors (Lipinski definition) is 1. The van der Waals surface area contributed by atoms with Gasteiger partial charge in [0.05, 0.1) is 0 Å². The van der Waals surface area contributed by atoms with Crippen molar-refractivity contribution in [2.75, 3.05) is 0 Å². The van der Waals surface area contributed by atoms with Gasteiger partial charge in [0.2, 0.25) is 0 Å². The van der Waals surface area contributed by atoms with Crippen LogP contribution in [0.4, 0.5) is 0 Å². The number of unbranched alkanes of at least 4 members (excludes halogenated alkanes) is 1. The number of thiocarbonyl (C=S) groups is 1. The first kappa shape index (κ1) is 16.3. The molecule has 0 spiro atoms. The summed E-state index contributed by atoms with van der Waals surface area (Å²) in [5.41, 5.74) is 0. The van der Waals surface area contributed by atoms with Crippen LogP contribution >= 0.6 is 12.2 Å².